The smallest absolute Gasteiger partial charge is 0.276 e. The van der Waals surface area contributed by atoms with Crippen molar-refractivity contribution < 1.29 is 9.47 Å². The molecule has 0 saturated heterocycles. The third-order valence-electron chi connectivity index (χ3n) is 2.55. The highest BCUT2D eigenvalue weighted by molar-refractivity contribution is 5.72. The molecule has 0 aliphatic rings. The highest BCUT2D eigenvalue weighted by Gasteiger charge is 2.09. The number of anilines is 3. The number of aromatic amines is 1. The van der Waals surface area contributed by atoms with Gasteiger partial charge in [0.2, 0.25) is 0 Å². The van der Waals surface area contributed by atoms with Gasteiger partial charge in [0.15, 0.2) is 5.82 Å². The van der Waals surface area contributed by atoms with Crippen molar-refractivity contribution in [1.82, 2.24) is 9.97 Å². The predicted octanol–water partition coefficient (Wildman–Crippen LogP) is 1.11. The average Bonchev–Trinajstić information content (AvgIpc) is 2.43. The Labute approximate surface area is 109 Å². The fourth-order valence-electron chi connectivity index (χ4n) is 1.55. The number of nitrogens with one attached hydrogen (secondary N) is 2. The molecule has 4 N–H and O–H groups in total. The number of nitrogens with two attached hydrogens (primary N) is 1. The topological polar surface area (TPSA) is 102 Å². The molecule has 0 saturated carbocycles. The normalized spacial score (nSPS) is 10.0. The number of methoxy groups -OCH3 is 2. The Morgan fingerprint density at radius 2 is 2.11 bits per heavy atom. The maximum Gasteiger partial charge on any atom is 0.276 e. The van der Waals surface area contributed by atoms with Crippen LogP contribution >= 0.6 is 0 Å². The van der Waals surface area contributed by atoms with Crippen molar-refractivity contribution in [2.45, 2.75) is 0 Å². The summed E-state index contributed by atoms with van der Waals surface area (Å²) in [6.45, 7) is 0. The van der Waals surface area contributed by atoms with Crippen LogP contribution in [0.15, 0.2) is 29.3 Å². The first-order chi connectivity index (χ1) is 9.15. The fourth-order valence-corrected chi connectivity index (χ4v) is 1.55. The molecule has 2 aromatic rings. The molecule has 1 heterocycles. The van der Waals surface area contributed by atoms with Crippen LogP contribution in [0.1, 0.15) is 0 Å². The zero-order chi connectivity index (χ0) is 13.8. The maximum absolute atomic E-state index is 11.4. The van der Waals surface area contributed by atoms with Gasteiger partial charge in [0.25, 0.3) is 5.56 Å². The monoisotopic (exact) mass is 262 g/mol. The Bertz CT molecular complexity index is 639. The summed E-state index contributed by atoms with van der Waals surface area (Å²) in [5.41, 5.74) is 5.86. The van der Waals surface area contributed by atoms with Crippen molar-refractivity contribution in [2.24, 2.45) is 0 Å². The zero-order valence-electron chi connectivity index (χ0n) is 10.6. The van der Waals surface area contributed by atoms with E-state index in [2.05, 4.69) is 15.3 Å². The summed E-state index contributed by atoms with van der Waals surface area (Å²) in [4.78, 5) is 17.8. The van der Waals surface area contributed by atoms with E-state index < -0.39 is 5.56 Å². The van der Waals surface area contributed by atoms with Gasteiger partial charge in [0.1, 0.15) is 17.2 Å². The van der Waals surface area contributed by atoms with Crippen LogP contribution in [0.25, 0.3) is 0 Å². The van der Waals surface area contributed by atoms with E-state index in [9.17, 15) is 4.79 Å². The molecule has 0 bridgehead atoms. The molecular formula is C12H14N4O3. The highest BCUT2D eigenvalue weighted by atomic mass is 16.5. The molecule has 0 radical (unpaired) electrons. The first-order valence-electron chi connectivity index (χ1n) is 5.48. The van der Waals surface area contributed by atoms with E-state index >= 15 is 0 Å². The molecule has 1 aromatic heterocycles. The Morgan fingerprint density at radius 3 is 2.79 bits per heavy atom. The van der Waals surface area contributed by atoms with Gasteiger partial charge in [-0.2, -0.15) is 0 Å². The molecule has 0 aliphatic carbocycles. The minimum absolute atomic E-state index is 0.00683. The first-order valence-corrected chi connectivity index (χ1v) is 5.48. The third kappa shape index (κ3) is 2.59. The van der Waals surface area contributed by atoms with Gasteiger partial charge < -0.3 is 25.5 Å². The average molecular weight is 262 g/mol. The second-order valence-corrected chi connectivity index (χ2v) is 3.69. The van der Waals surface area contributed by atoms with Crippen molar-refractivity contribution in [3.63, 3.8) is 0 Å². The van der Waals surface area contributed by atoms with E-state index in [0.29, 0.717) is 17.2 Å². The second-order valence-electron chi connectivity index (χ2n) is 3.69. The van der Waals surface area contributed by atoms with Gasteiger partial charge in [-0.25, -0.2) is 4.98 Å². The first kappa shape index (κ1) is 12.7. The second kappa shape index (κ2) is 5.30. The lowest BCUT2D eigenvalue weighted by atomic mass is 10.2. The van der Waals surface area contributed by atoms with Crippen molar-refractivity contribution in [3.8, 4) is 11.5 Å². The van der Waals surface area contributed by atoms with Gasteiger partial charge >= 0.3 is 0 Å². The van der Waals surface area contributed by atoms with E-state index in [-0.39, 0.29) is 11.5 Å². The quantitative estimate of drug-likeness (QED) is 0.763. The molecule has 0 aliphatic heterocycles. The van der Waals surface area contributed by atoms with Gasteiger partial charge in [-0.15, -0.1) is 0 Å². The molecule has 100 valence electrons. The Hall–Kier alpha value is -2.70. The Morgan fingerprint density at radius 1 is 1.32 bits per heavy atom. The minimum Gasteiger partial charge on any atom is -0.497 e. The number of aromatic nitrogens is 2. The molecule has 0 unspecified atom stereocenters. The lowest BCUT2D eigenvalue weighted by Crippen LogP contribution is -2.14. The molecule has 0 atom stereocenters. The van der Waals surface area contributed by atoms with Crippen LogP contribution in [0.4, 0.5) is 17.2 Å². The van der Waals surface area contributed by atoms with Crippen LogP contribution < -0.4 is 26.1 Å². The predicted molar refractivity (Wildman–Crippen MR) is 72.1 cm³/mol. The number of hydrogen-bond acceptors (Lipinski definition) is 6. The van der Waals surface area contributed by atoms with Crippen molar-refractivity contribution in [1.29, 1.82) is 0 Å². The van der Waals surface area contributed by atoms with Gasteiger partial charge in [-0.05, 0) is 12.1 Å². The number of benzene rings is 1. The zero-order valence-corrected chi connectivity index (χ0v) is 10.6. The number of hydrogen-bond donors (Lipinski definition) is 3. The SMILES string of the molecule is COc1ccc(OC)c(Nc2nc[nH]c(=O)c2N)c1. The Balaban J connectivity index is 2.42. The summed E-state index contributed by atoms with van der Waals surface area (Å²) in [5.74, 6) is 1.49. The van der Waals surface area contributed by atoms with E-state index in [0.717, 1.165) is 0 Å². The number of nitrogen functional groups attached to an aromatic ring is 1. The van der Waals surface area contributed by atoms with Crippen molar-refractivity contribution >= 4 is 17.2 Å². The molecule has 2 rings (SSSR count). The molecule has 0 spiro atoms. The number of ether oxygens (including phenoxy) is 2. The van der Waals surface area contributed by atoms with Crippen LogP contribution in [0.5, 0.6) is 11.5 Å². The summed E-state index contributed by atoms with van der Waals surface area (Å²) in [7, 11) is 3.10. The molecule has 19 heavy (non-hydrogen) atoms. The maximum atomic E-state index is 11.4. The molecule has 1 aromatic carbocycles. The van der Waals surface area contributed by atoms with Crippen LogP contribution in [0.2, 0.25) is 0 Å². The highest BCUT2D eigenvalue weighted by Crippen LogP contribution is 2.31. The van der Waals surface area contributed by atoms with E-state index in [1.54, 1.807) is 32.4 Å². The van der Waals surface area contributed by atoms with Gasteiger partial charge in [-0.1, -0.05) is 0 Å². The van der Waals surface area contributed by atoms with Crippen molar-refractivity contribution in [3.05, 3.63) is 34.9 Å². The van der Waals surface area contributed by atoms with Crippen LogP contribution in [-0.4, -0.2) is 24.2 Å². The van der Waals surface area contributed by atoms with Crippen molar-refractivity contribution in [2.75, 3.05) is 25.3 Å². The molecular weight excluding hydrogens is 248 g/mol. The minimum atomic E-state index is -0.403. The number of H-pyrrole nitrogens is 1. The summed E-state index contributed by atoms with van der Waals surface area (Å²) in [6, 6.07) is 5.23. The lowest BCUT2D eigenvalue weighted by Gasteiger charge is -2.12. The van der Waals surface area contributed by atoms with Crippen LogP contribution in [0.3, 0.4) is 0 Å². The summed E-state index contributed by atoms with van der Waals surface area (Å²) < 4.78 is 10.3. The van der Waals surface area contributed by atoms with Crippen LogP contribution in [0, 0.1) is 0 Å². The summed E-state index contributed by atoms with van der Waals surface area (Å²) in [6.07, 6.45) is 1.27. The third-order valence-corrected chi connectivity index (χ3v) is 2.55. The van der Waals surface area contributed by atoms with E-state index in [1.807, 2.05) is 0 Å². The largest absolute Gasteiger partial charge is 0.497 e. The van der Waals surface area contributed by atoms with Gasteiger partial charge in [0, 0.05) is 6.07 Å². The standard InChI is InChI=1S/C12H14N4O3/c1-18-7-3-4-9(19-2)8(5-7)16-11-10(13)12(17)15-6-14-11/h3-6H,13H2,1-2H3,(H2,14,15,16,17). The van der Waals surface area contributed by atoms with Gasteiger partial charge in [-0.3, -0.25) is 4.79 Å². The van der Waals surface area contributed by atoms with E-state index in [1.165, 1.54) is 6.33 Å². The number of rotatable bonds is 4. The number of nitrogens with zero attached hydrogens (tertiary/aromatic N) is 1. The fraction of sp³-hybridized carbons (Fsp3) is 0.167. The van der Waals surface area contributed by atoms with E-state index in [4.69, 9.17) is 15.2 Å². The Kier molecular flexibility index (Phi) is 3.56. The lowest BCUT2D eigenvalue weighted by molar-refractivity contribution is 0.405. The summed E-state index contributed by atoms with van der Waals surface area (Å²) in [5, 5.41) is 2.95. The summed E-state index contributed by atoms with van der Waals surface area (Å²) >= 11 is 0. The molecule has 7 nitrogen and oxygen atoms in total. The molecule has 7 heteroatoms. The van der Waals surface area contributed by atoms with Crippen LogP contribution in [-0.2, 0) is 0 Å². The molecule has 0 amide bonds. The van der Waals surface area contributed by atoms with Gasteiger partial charge in [0.05, 0.1) is 26.2 Å². The molecule has 0 fully saturated rings.